The van der Waals surface area contributed by atoms with E-state index in [1.165, 1.54) is 6.26 Å². The van der Waals surface area contributed by atoms with E-state index >= 15 is 0 Å². The van der Waals surface area contributed by atoms with Crippen LogP contribution >= 0.6 is 11.8 Å². The first-order valence-electron chi connectivity index (χ1n) is 7.00. The number of furan rings is 1. The minimum Gasteiger partial charge on any atom is -0.467 e. The molecule has 0 saturated carbocycles. The van der Waals surface area contributed by atoms with Crippen molar-refractivity contribution in [3.05, 3.63) is 48.0 Å². The van der Waals surface area contributed by atoms with Gasteiger partial charge in [-0.15, -0.1) is 11.8 Å². The lowest BCUT2D eigenvalue weighted by molar-refractivity contribution is 0.0900. The van der Waals surface area contributed by atoms with E-state index in [2.05, 4.69) is 31.1 Å². The second kappa shape index (κ2) is 6.98. The van der Waals surface area contributed by atoms with Gasteiger partial charge in [-0.05, 0) is 24.3 Å². The van der Waals surface area contributed by atoms with Crippen LogP contribution in [0.2, 0.25) is 0 Å². The second-order valence-corrected chi connectivity index (χ2v) is 7.69. The monoisotopic (exact) mass is 320 g/mol. The van der Waals surface area contributed by atoms with Gasteiger partial charge in [0.25, 0.3) is 5.91 Å². The lowest BCUT2D eigenvalue weighted by Crippen LogP contribution is -2.28. The lowest BCUT2D eigenvalue weighted by Gasteiger charge is -2.17. The minimum absolute atomic E-state index is 0.0254. The van der Waals surface area contributed by atoms with Crippen LogP contribution in [0.3, 0.4) is 0 Å². The number of aromatic nitrogens is 1. The standard InChI is InChI=1S/C16H20N2O3S/c1-16(2,3)22-14-9-11(6-7-17-14)15(20)18-10-12(19)13-5-4-8-21-13/h4-9,12,19H,10H2,1-3H3,(H,18,20)/t12-/m0/s1. The number of carbonyl (C=O) groups excluding carboxylic acids is 1. The highest BCUT2D eigenvalue weighted by Crippen LogP contribution is 2.30. The minimum atomic E-state index is -0.857. The van der Waals surface area contributed by atoms with Gasteiger partial charge in [-0.25, -0.2) is 4.98 Å². The maximum Gasteiger partial charge on any atom is 0.251 e. The fourth-order valence-electron chi connectivity index (χ4n) is 1.79. The van der Waals surface area contributed by atoms with Crippen LogP contribution in [0.25, 0.3) is 0 Å². The number of hydrogen-bond acceptors (Lipinski definition) is 5. The number of amides is 1. The normalized spacial score (nSPS) is 12.9. The van der Waals surface area contributed by atoms with Crippen molar-refractivity contribution in [2.45, 2.75) is 36.6 Å². The Hall–Kier alpha value is -1.79. The molecule has 0 fully saturated rings. The summed E-state index contributed by atoms with van der Waals surface area (Å²) in [6.45, 7) is 6.36. The van der Waals surface area contributed by atoms with Crippen LogP contribution in [0.1, 0.15) is 43.0 Å². The summed E-state index contributed by atoms with van der Waals surface area (Å²) in [6.07, 6.45) is 2.25. The summed E-state index contributed by atoms with van der Waals surface area (Å²) in [4.78, 5) is 16.4. The quantitative estimate of drug-likeness (QED) is 0.828. The zero-order chi connectivity index (χ0) is 16.2. The third-order valence-electron chi connectivity index (χ3n) is 2.74. The van der Waals surface area contributed by atoms with Gasteiger partial charge in [0.05, 0.1) is 17.8 Å². The van der Waals surface area contributed by atoms with Crippen LogP contribution in [-0.4, -0.2) is 27.3 Å². The topological polar surface area (TPSA) is 75.4 Å². The van der Waals surface area contributed by atoms with Crippen molar-refractivity contribution in [2.24, 2.45) is 0 Å². The summed E-state index contributed by atoms with van der Waals surface area (Å²) >= 11 is 1.60. The maximum atomic E-state index is 12.1. The van der Waals surface area contributed by atoms with Gasteiger partial charge in [-0.3, -0.25) is 4.79 Å². The predicted molar refractivity (Wildman–Crippen MR) is 85.8 cm³/mol. The predicted octanol–water partition coefficient (Wildman–Crippen LogP) is 3.03. The number of pyridine rings is 1. The van der Waals surface area contributed by atoms with Crippen LogP contribution in [0.15, 0.2) is 46.2 Å². The number of hydrogen-bond donors (Lipinski definition) is 2. The Kier molecular flexibility index (Phi) is 5.26. The highest BCUT2D eigenvalue weighted by Gasteiger charge is 2.16. The van der Waals surface area contributed by atoms with E-state index in [0.29, 0.717) is 11.3 Å². The van der Waals surface area contributed by atoms with Gasteiger partial charge in [-0.1, -0.05) is 20.8 Å². The third kappa shape index (κ3) is 4.89. The first-order valence-corrected chi connectivity index (χ1v) is 7.81. The molecule has 118 valence electrons. The molecular formula is C16H20N2O3S. The molecule has 0 bridgehead atoms. The highest BCUT2D eigenvalue weighted by molar-refractivity contribution is 8.00. The molecule has 2 rings (SSSR count). The van der Waals surface area contributed by atoms with Gasteiger partial charge < -0.3 is 14.8 Å². The first kappa shape index (κ1) is 16.6. The summed E-state index contributed by atoms with van der Waals surface area (Å²) in [7, 11) is 0. The zero-order valence-electron chi connectivity index (χ0n) is 12.9. The number of carbonyl (C=O) groups is 1. The molecule has 6 heteroatoms. The Morgan fingerprint density at radius 1 is 1.45 bits per heavy atom. The Labute approximate surface area is 134 Å². The van der Waals surface area contributed by atoms with Gasteiger partial charge in [0.2, 0.25) is 0 Å². The van der Waals surface area contributed by atoms with Crippen molar-refractivity contribution in [2.75, 3.05) is 6.54 Å². The lowest BCUT2D eigenvalue weighted by atomic mass is 10.2. The number of rotatable bonds is 5. The van der Waals surface area contributed by atoms with E-state index in [9.17, 15) is 9.90 Å². The molecule has 5 nitrogen and oxygen atoms in total. The largest absolute Gasteiger partial charge is 0.467 e. The average molecular weight is 320 g/mol. The second-order valence-electron chi connectivity index (χ2n) is 5.84. The number of aliphatic hydroxyl groups excluding tert-OH is 1. The molecule has 1 atom stereocenters. The molecule has 0 saturated heterocycles. The summed E-state index contributed by atoms with van der Waals surface area (Å²) in [5.41, 5.74) is 0.522. The zero-order valence-corrected chi connectivity index (χ0v) is 13.7. The maximum absolute atomic E-state index is 12.1. The van der Waals surface area contributed by atoms with E-state index in [4.69, 9.17) is 4.42 Å². The smallest absolute Gasteiger partial charge is 0.251 e. The average Bonchev–Trinajstić information content (AvgIpc) is 2.97. The van der Waals surface area contributed by atoms with Gasteiger partial charge >= 0.3 is 0 Å². The van der Waals surface area contributed by atoms with Crippen LogP contribution in [0, 0.1) is 0 Å². The van der Waals surface area contributed by atoms with Crippen molar-refractivity contribution < 1.29 is 14.3 Å². The van der Waals surface area contributed by atoms with Crippen LogP contribution in [0.4, 0.5) is 0 Å². The molecule has 22 heavy (non-hydrogen) atoms. The van der Waals surface area contributed by atoms with Crippen LogP contribution in [-0.2, 0) is 0 Å². The highest BCUT2D eigenvalue weighted by atomic mass is 32.2. The van der Waals surface area contributed by atoms with E-state index < -0.39 is 6.10 Å². The number of thioether (sulfide) groups is 1. The van der Waals surface area contributed by atoms with Crippen molar-refractivity contribution >= 4 is 17.7 Å². The Bertz CT molecular complexity index is 621. The van der Waals surface area contributed by atoms with E-state index in [1.807, 2.05) is 0 Å². The van der Waals surface area contributed by atoms with Gasteiger partial charge in [-0.2, -0.15) is 0 Å². The SMILES string of the molecule is CC(C)(C)Sc1cc(C(=O)NC[C@H](O)c2ccco2)ccn1. The molecule has 0 spiro atoms. The molecule has 2 aromatic heterocycles. The number of nitrogens with zero attached hydrogens (tertiary/aromatic N) is 1. The molecule has 0 unspecified atom stereocenters. The molecule has 0 aromatic carbocycles. The molecule has 2 aromatic rings. The summed E-state index contributed by atoms with van der Waals surface area (Å²) < 4.78 is 5.12. The molecule has 2 heterocycles. The van der Waals surface area contributed by atoms with Crippen molar-refractivity contribution in [1.29, 1.82) is 0 Å². The van der Waals surface area contributed by atoms with Gasteiger partial charge in [0.1, 0.15) is 11.9 Å². The third-order valence-corrected chi connectivity index (χ3v) is 3.78. The van der Waals surface area contributed by atoms with Gasteiger partial charge in [0, 0.05) is 16.5 Å². The Morgan fingerprint density at radius 3 is 2.86 bits per heavy atom. The van der Waals surface area contributed by atoms with E-state index in [0.717, 1.165) is 5.03 Å². The molecule has 0 aliphatic heterocycles. The molecule has 1 amide bonds. The van der Waals surface area contributed by atoms with Crippen LogP contribution < -0.4 is 5.32 Å². The first-order chi connectivity index (χ1) is 10.3. The molecule has 2 N–H and O–H groups in total. The molecular weight excluding hydrogens is 300 g/mol. The number of nitrogens with one attached hydrogen (secondary N) is 1. The Balaban J connectivity index is 1.96. The fraction of sp³-hybridized carbons (Fsp3) is 0.375. The summed E-state index contributed by atoms with van der Waals surface area (Å²) in [5.74, 6) is 0.183. The molecule has 0 aliphatic rings. The number of aliphatic hydroxyl groups is 1. The van der Waals surface area contributed by atoms with E-state index in [1.54, 1.807) is 42.2 Å². The van der Waals surface area contributed by atoms with E-state index in [-0.39, 0.29) is 17.2 Å². The van der Waals surface area contributed by atoms with Crippen LogP contribution in [0.5, 0.6) is 0 Å². The fourth-order valence-corrected chi connectivity index (χ4v) is 2.72. The van der Waals surface area contributed by atoms with Crippen molar-refractivity contribution in [3.63, 3.8) is 0 Å². The molecule has 0 aliphatic carbocycles. The Morgan fingerprint density at radius 2 is 2.23 bits per heavy atom. The van der Waals surface area contributed by atoms with Gasteiger partial charge in [0.15, 0.2) is 0 Å². The van der Waals surface area contributed by atoms with Crippen molar-refractivity contribution in [1.82, 2.24) is 10.3 Å². The molecule has 0 radical (unpaired) electrons. The van der Waals surface area contributed by atoms with Crippen molar-refractivity contribution in [3.8, 4) is 0 Å². The summed E-state index contributed by atoms with van der Waals surface area (Å²) in [5, 5.41) is 13.4. The summed E-state index contributed by atoms with van der Waals surface area (Å²) in [6, 6.07) is 6.77.